The summed E-state index contributed by atoms with van der Waals surface area (Å²) in [6, 6.07) is 18.1. The van der Waals surface area contributed by atoms with Crippen LogP contribution < -0.4 is 10.6 Å². The molecule has 2 N–H and O–H groups in total. The molecule has 0 bridgehead atoms. The van der Waals surface area contributed by atoms with Crippen molar-refractivity contribution in [2.24, 2.45) is 11.8 Å². The van der Waals surface area contributed by atoms with Gasteiger partial charge in [-0.15, -0.1) is 0 Å². The molecule has 0 saturated heterocycles. The minimum absolute atomic E-state index is 0.00774. The van der Waals surface area contributed by atoms with Crippen LogP contribution in [0.4, 0.5) is 0 Å². The van der Waals surface area contributed by atoms with Gasteiger partial charge in [0, 0.05) is 13.1 Å². The number of benzene rings is 2. The highest BCUT2D eigenvalue weighted by Crippen LogP contribution is 2.38. The van der Waals surface area contributed by atoms with Crippen molar-refractivity contribution < 1.29 is 9.59 Å². The molecule has 1 aliphatic carbocycles. The highest BCUT2D eigenvalue weighted by molar-refractivity contribution is 5.92. The maximum atomic E-state index is 12.2. The third-order valence-corrected chi connectivity index (χ3v) is 4.57. The second-order valence-corrected chi connectivity index (χ2v) is 6.68. The van der Waals surface area contributed by atoms with Crippen LogP contribution in [0.1, 0.15) is 23.1 Å². The fraction of sp³-hybridized carbons (Fsp3) is 0.333. The van der Waals surface area contributed by atoms with Crippen LogP contribution in [-0.4, -0.2) is 18.4 Å². The van der Waals surface area contributed by atoms with E-state index < -0.39 is 0 Å². The van der Waals surface area contributed by atoms with Crippen LogP contribution in [0.25, 0.3) is 0 Å². The zero-order valence-electron chi connectivity index (χ0n) is 14.5. The molecule has 2 unspecified atom stereocenters. The predicted octanol–water partition coefficient (Wildman–Crippen LogP) is 2.61. The number of carbonyl (C=O) groups is 2. The lowest BCUT2D eigenvalue weighted by atomic mass is 10.1. The fourth-order valence-electron chi connectivity index (χ4n) is 3.02. The minimum Gasteiger partial charge on any atom is -0.356 e. The lowest BCUT2D eigenvalue weighted by Crippen LogP contribution is -2.31. The number of aryl methyl sites for hydroxylation is 1. The Morgan fingerprint density at radius 1 is 0.920 bits per heavy atom. The number of carbonyl (C=O) groups excluding carboxylic acids is 2. The first-order valence-electron chi connectivity index (χ1n) is 8.78. The van der Waals surface area contributed by atoms with Gasteiger partial charge in [0.2, 0.25) is 11.8 Å². The molecule has 2 aromatic rings. The molecule has 2 aromatic carbocycles. The lowest BCUT2D eigenvalue weighted by Gasteiger charge is -2.07. The van der Waals surface area contributed by atoms with E-state index in [1.54, 1.807) is 0 Å². The van der Waals surface area contributed by atoms with Crippen LogP contribution in [0.2, 0.25) is 0 Å². The Balaban J connectivity index is 1.38. The van der Waals surface area contributed by atoms with Gasteiger partial charge in [-0.3, -0.25) is 9.59 Å². The van der Waals surface area contributed by atoms with E-state index in [2.05, 4.69) is 16.7 Å². The molecule has 3 rings (SSSR count). The van der Waals surface area contributed by atoms with Crippen LogP contribution in [-0.2, 0) is 22.6 Å². The van der Waals surface area contributed by atoms with Crippen molar-refractivity contribution in [2.45, 2.75) is 26.3 Å². The molecule has 2 amide bonds. The molecule has 4 nitrogen and oxygen atoms in total. The quantitative estimate of drug-likeness (QED) is 0.816. The first kappa shape index (κ1) is 17.2. The SMILES string of the molecule is Cc1cccc(CNC(=O)C2CC2C(=O)NCCc2ccccc2)c1. The smallest absolute Gasteiger partial charge is 0.224 e. The van der Waals surface area contributed by atoms with E-state index in [1.165, 1.54) is 11.1 Å². The molecule has 130 valence electrons. The Labute approximate surface area is 148 Å². The van der Waals surface area contributed by atoms with E-state index >= 15 is 0 Å². The topological polar surface area (TPSA) is 58.2 Å². The van der Waals surface area contributed by atoms with Crippen LogP contribution in [0, 0.1) is 18.8 Å². The van der Waals surface area contributed by atoms with E-state index in [1.807, 2.05) is 55.5 Å². The van der Waals surface area contributed by atoms with Crippen molar-refractivity contribution in [3.05, 3.63) is 71.3 Å². The van der Waals surface area contributed by atoms with Gasteiger partial charge in [-0.25, -0.2) is 0 Å². The van der Waals surface area contributed by atoms with Gasteiger partial charge in [0.05, 0.1) is 11.8 Å². The van der Waals surface area contributed by atoms with Gasteiger partial charge in [-0.05, 0) is 30.9 Å². The molecule has 0 aromatic heterocycles. The second kappa shape index (κ2) is 7.97. The second-order valence-electron chi connectivity index (χ2n) is 6.68. The summed E-state index contributed by atoms with van der Waals surface area (Å²) < 4.78 is 0. The van der Waals surface area contributed by atoms with Gasteiger partial charge in [0.15, 0.2) is 0 Å². The van der Waals surface area contributed by atoms with Gasteiger partial charge >= 0.3 is 0 Å². The van der Waals surface area contributed by atoms with Crippen LogP contribution >= 0.6 is 0 Å². The van der Waals surface area contributed by atoms with Gasteiger partial charge in [-0.1, -0.05) is 60.2 Å². The number of rotatable bonds is 7. The van der Waals surface area contributed by atoms with Gasteiger partial charge in [0.1, 0.15) is 0 Å². The van der Waals surface area contributed by atoms with Crippen molar-refractivity contribution >= 4 is 11.8 Å². The molecule has 1 aliphatic rings. The number of hydrogen-bond donors (Lipinski definition) is 2. The van der Waals surface area contributed by atoms with E-state index in [0.29, 0.717) is 19.5 Å². The maximum Gasteiger partial charge on any atom is 0.224 e. The normalized spacial score (nSPS) is 18.4. The molecule has 2 atom stereocenters. The average molecular weight is 336 g/mol. The molecule has 1 fully saturated rings. The average Bonchev–Trinajstić information content (AvgIpc) is 3.41. The summed E-state index contributed by atoms with van der Waals surface area (Å²) in [5.74, 6) is -0.383. The fourth-order valence-corrected chi connectivity index (χ4v) is 3.02. The van der Waals surface area contributed by atoms with Crippen molar-refractivity contribution in [1.29, 1.82) is 0 Å². The molecule has 0 heterocycles. The minimum atomic E-state index is -0.179. The summed E-state index contributed by atoms with van der Waals surface area (Å²) in [4.78, 5) is 24.3. The standard InChI is InChI=1S/C21H24N2O2/c1-15-6-5-9-17(12-15)14-23-21(25)19-13-18(19)20(24)22-11-10-16-7-3-2-4-8-16/h2-9,12,18-19H,10-11,13-14H2,1H3,(H,22,24)(H,23,25). The predicted molar refractivity (Wildman–Crippen MR) is 97.8 cm³/mol. The zero-order chi connectivity index (χ0) is 17.6. The molecular formula is C21H24N2O2. The first-order chi connectivity index (χ1) is 12.1. The Hall–Kier alpha value is -2.62. The van der Waals surface area contributed by atoms with E-state index in [-0.39, 0.29) is 23.7 Å². The Kier molecular flexibility index (Phi) is 5.49. The molecule has 0 radical (unpaired) electrons. The van der Waals surface area contributed by atoms with Crippen LogP contribution in [0.3, 0.4) is 0 Å². The number of hydrogen-bond acceptors (Lipinski definition) is 2. The third-order valence-electron chi connectivity index (χ3n) is 4.57. The van der Waals surface area contributed by atoms with Crippen molar-refractivity contribution in [2.75, 3.05) is 6.54 Å². The Bertz CT molecular complexity index is 743. The van der Waals surface area contributed by atoms with Crippen molar-refractivity contribution in [3.63, 3.8) is 0 Å². The van der Waals surface area contributed by atoms with E-state index in [9.17, 15) is 9.59 Å². The molecule has 25 heavy (non-hydrogen) atoms. The van der Waals surface area contributed by atoms with E-state index in [4.69, 9.17) is 0 Å². The molecule has 0 spiro atoms. The summed E-state index contributed by atoms with van der Waals surface area (Å²) in [6.45, 7) is 3.15. The highest BCUT2D eigenvalue weighted by atomic mass is 16.2. The molecule has 0 aliphatic heterocycles. The Morgan fingerprint density at radius 2 is 1.60 bits per heavy atom. The Morgan fingerprint density at radius 3 is 2.32 bits per heavy atom. The van der Waals surface area contributed by atoms with Gasteiger partial charge in [0.25, 0.3) is 0 Å². The number of amides is 2. The summed E-state index contributed by atoms with van der Waals surface area (Å²) in [7, 11) is 0. The zero-order valence-corrected chi connectivity index (χ0v) is 14.5. The number of nitrogens with one attached hydrogen (secondary N) is 2. The largest absolute Gasteiger partial charge is 0.356 e. The highest BCUT2D eigenvalue weighted by Gasteiger charge is 2.47. The third kappa shape index (κ3) is 4.92. The van der Waals surface area contributed by atoms with Gasteiger partial charge < -0.3 is 10.6 Å². The van der Waals surface area contributed by atoms with E-state index in [0.717, 1.165) is 12.0 Å². The van der Waals surface area contributed by atoms with Crippen molar-refractivity contribution in [1.82, 2.24) is 10.6 Å². The lowest BCUT2D eigenvalue weighted by molar-refractivity contribution is -0.127. The van der Waals surface area contributed by atoms with Gasteiger partial charge in [-0.2, -0.15) is 0 Å². The molecular weight excluding hydrogens is 312 g/mol. The summed E-state index contributed by atoms with van der Waals surface area (Å²) in [5, 5.41) is 5.88. The molecule has 1 saturated carbocycles. The van der Waals surface area contributed by atoms with Crippen LogP contribution in [0.15, 0.2) is 54.6 Å². The van der Waals surface area contributed by atoms with Crippen molar-refractivity contribution in [3.8, 4) is 0 Å². The monoisotopic (exact) mass is 336 g/mol. The maximum absolute atomic E-state index is 12.2. The molecule has 4 heteroatoms. The summed E-state index contributed by atoms with van der Waals surface area (Å²) in [6.07, 6.45) is 1.46. The summed E-state index contributed by atoms with van der Waals surface area (Å²) >= 11 is 0. The van der Waals surface area contributed by atoms with Crippen LogP contribution in [0.5, 0.6) is 0 Å². The summed E-state index contributed by atoms with van der Waals surface area (Å²) in [5.41, 5.74) is 3.46. The first-order valence-corrected chi connectivity index (χ1v) is 8.78.